The van der Waals surface area contributed by atoms with Crippen molar-refractivity contribution in [1.82, 2.24) is 4.90 Å². The van der Waals surface area contributed by atoms with Crippen LogP contribution in [0.2, 0.25) is 0 Å². The molecule has 3 rings (SSSR count). The zero-order chi connectivity index (χ0) is 13.6. The van der Waals surface area contributed by atoms with Crippen molar-refractivity contribution in [2.24, 2.45) is 0 Å². The maximum absolute atomic E-state index is 12.3. The van der Waals surface area contributed by atoms with Crippen LogP contribution in [-0.4, -0.2) is 28.9 Å². The molecule has 0 saturated heterocycles. The third kappa shape index (κ3) is 1.52. The summed E-state index contributed by atoms with van der Waals surface area (Å²) in [4.78, 5) is 25.0. The van der Waals surface area contributed by atoms with E-state index < -0.39 is 5.97 Å². The van der Waals surface area contributed by atoms with Crippen LogP contribution >= 0.6 is 0 Å². The number of carbonyl (C=O) groups excluding carboxylic acids is 1. The van der Waals surface area contributed by atoms with Crippen molar-refractivity contribution in [3.8, 4) is 0 Å². The number of benzene rings is 1. The van der Waals surface area contributed by atoms with E-state index in [4.69, 9.17) is 5.11 Å². The Morgan fingerprint density at radius 1 is 1.37 bits per heavy atom. The smallest absolute Gasteiger partial charge is 0.331 e. The molecule has 1 atom stereocenters. The normalized spacial score (nSPS) is 25.4. The van der Waals surface area contributed by atoms with Gasteiger partial charge in [0, 0.05) is 18.2 Å². The van der Waals surface area contributed by atoms with Crippen LogP contribution in [0.25, 0.3) is 0 Å². The Hall–Kier alpha value is -2.10. The van der Waals surface area contributed by atoms with Gasteiger partial charge in [0.25, 0.3) is 5.91 Å². The number of fused-ring (bicyclic) bond motifs is 2. The number of amides is 1. The molecule has 0 fully saturated rings. The van der Waals surface area contributed by atoms with E-state index in [0.29, 0.717) is 24.8 Å². The summed E-state index contributed by atoms with van der Waals surface area (Å²) in [6.45, 7) is 0. The lowest BCUT2D eigenvalue weighted by molar-refractivity contribution is -0.133. The molecular formula is C15H15NO3. The molecule has 0 bridgehead atoms. The maximum Gasteiger partial charge on any atom is 0.331 e. The Kier molecular flexibility index (Phi) is 2.49. The van der Waals surface area contributed by atoms with Crippen LogP contribution in [0, 0.1) is 0 Å². The summed E-state index contributed by atoms with van der Waals surface area (Å²) in [5.41, 5.74) is 1.88. The fourth-order valence-corrected chi connectivity index (χ4v) is 3.21. The first-order valence-corrected chi connectivity index (χ1v) is 6.36. The van der Waals surface area contributed by atoms with E-state index >= 15 is 0 Å². The third-order valence-electron chi connectivity index (χ3n) is 4.37. The first-order chi connectivity index (χ1) is 9.06. The van der Waals surface area contributed by atoms with Gasteiger partial charge in [0.05, 0.1) is 5.54 Å². The van der Waals surface area contributed by atoms with Crippen molar-refractivity contribution >= 4 is 11.9 Å². The van der Waals surface area contributed by atoms with Gasteiger partial charge in [-0.15, -0.1) is 0 Å². The highest BCUT2D eigenvalue weighted by Crippen LogP contribution is 2.47. The maximum atomic E-state index is 12.3. The molecule has 1 aromatic rings. The molecule has 0 saturated carbocycles. The molecule has 1 heterocycles. The van der Waals surface area contributed by atoms with Gasteiger partial charge in [-0.05, 0) is 30.9 Å². The van der Waals surface area contributed by atoms with E-state index in [9.17, 15) is 9.59 Å². The van der Waals surface area contributed by atoms with E-state index in [2.05, 4.69) is 0 Å². The number of nitrogens with zero attached hydrogens (tertiary/aromatic N) is 1. The summed E-state index contributed by atoms with van der Waals surface area (Å²) in [5, 5.41) is 9.03. The summed E-state index contributed by atoms with van der Waals surface area (Å²) in [7, 11) is 1.81. The molecule has 1 amide bonds. The third-order valence-corrected chi connectivity index (χ3v) is 4.37. The van der Waals surface area contributed by atoms with Crippen LogP contribution in [-0.2, 0) is 10.3 Å². The zero-order valence-electron chi connectivity index (χ0n) is 10.7. The molecular weight excluding hydrogens is 242 g/mol. The first-order valence-electron chi connectivity index (χ1n) is 6.36. The number of carboxylic acid groups (broad SMARTS) is 1. The summed E-state index contributed by atoms with van der Waals surface area (Å²) in [5.74, 6) is -0.821. The number of aliphatic carboxylic acids is 1. The molecule has 4 nitrogen and oxygen atoms in total. The van der Waals surface area contributed by atoms with Crippen molar-refractivity contribution in [2.75, 3.05) is 7.05 Å². The van der Waals surface area contributed by atoms with Gasteiger partial charge in [0.2, 0.25) is 0 Å². The van der Waals surface area contributed by atoms with E-state index in [-0.39, 0.29) is 11.4 Å². The molecule has 19 heavy (non-hydrogen) atoms. The largest absolute Gasteiger partial charge is 0.478 e. The van der Waals surface area contributed by atoms with E-state index in [0.717, 1.165) is 11.1 Å². The second-order valence-electron chi connectivity index (χ2n) is 5.18. The highest BCUT2D eigenvalue weighted by atomic mass is 16.4. The molecule has 4 heteroatoms. The molecule has 1 N–H and O–H groups in total. The average molecular weight is 257 g/mol. The molecule has 1 aliphatic heterocycles. The molecule has 1 spiro atoms. The molecule has 0 aromatic heterocycles. The first kappa shape index (κ1) is 12.0. The van der Waals surface area contributed by atoms with Gasteiger partial charge in [-0.2, -0.15) is 0 Å². The number of carbonyl (C=O) groups is 2. The van der Waals surface area contributed by atoms with E-state index in [1.807, 2.05) is 31.3 Å². The van der Waals surface area contributed by atoms with Crippen molar-refractivity contribution in [3.63, 3.8) is 0 Å². The van der Waals surface area contributed by atoms with Gasteiger partial charge in [0.1, 0.15) is 0 Å². The fraction of sp³-hybridized carbons (Fsp3) is 0.333. The summed E-state index contributed by atoms with van der Waals surface area (Å²) >= 11 is 0. The highest BCUT2D eigenvalue weighted by molar-refractivity contribution is 6.00. The Morgan fingerprint density at radius 2 is 2.11 bits per heavy atom. The number of rotatable bonds is 1. The monoisotopic (exact) mass is 257 g/mol. The van der Waals surface area contributed by atoms with Crippen molar-refractivity contribution in [1.29, 1.82) is 0 Å². The molecule has 1 aromatic carbocycles. The van der Waals surface area contributed by atoms with Crippen LogP contribution in [0.5, 0.6) is 0 Å². The van der Waals surface area contributed by atoms with Crippen LogP contribution < -0.4 is 0 Å². The highest BCUT2D eigenvalue weighted by Gasteiger charge is 2.48. The molecule has 2 aliphatic rings. The number of hydrogen-bond acceptors (Lipinski definition) is 2. The average Bonchev–Trinajstić information content (AvgIpc) is 2.63. The number of carboxylic acids is 1. The summed E-state index contributed by atoms with van der Waals surface area (Å²) < 4.78 is 0. The molecule has 98 valence electrons. The summed E-state index contributed by atoms with van der Waals surface area (Å²) in [6.07, 6.45) is 3.51. The van der Waals surface area contributed by atoms with Crippen molar-refractivity contribution in [2.45, 2.75) is 24.8 Å². The van der Waals surface area contributed by atoms with E-state index in [1.165, 1.54) is 0 Å². The van der Waals surface area contributed by atoms with Crippen LogP contribution in [0.1, 0.15) is 35.2 Å². The topological polar surface area (TPSA) is 57.6 Å². The lowest BCUT2D eigenvalue weighted by Crippen LogP contribution is -2.42. The van der Waals surface area contributed by atoms with Crippen LogP contribution in [0.15, 0.2) is 35.9 Å². The van der Waals surface area contributed by atoms with Gasteiger partial charge in [-0.1, -0.05) is 24.3 Å². The van der Waals surface area contributed by atoms with Crippen molar-refractivity contribution in [3.05, 3.63) is 47.0 Å². The predicted molar refractivity (Wildman–Crippen MR) is 69.8 cm³/mol. The van der Waals surface area contributed by atoms with Gasteiger partial charge in [-0.25, -0.2) is 4.79 Å². The minimum Gasteiger partial charge on any atom is -0.478 e. The minimum absolute atomic E-state index is 0.0303. The van der Waals surface area contributed by atoms with Crippen LogP contribution in [0.4, 0.5) is 0 Å². The lowest BCUT2D eigenvalue weighted by atomic mass is 9.77. The standard InChI is InChI=1S/C15H15NO3/c1-16-13(17)11-4-2-3-5-12(11)15(16)8-6-10(7-9-15)14(18)19/h2-6H,7-9H2,1H3,(H,18,19). The fourth-order valence-electron chi connectivity index (χ4n) is 3.21. The quantitative estimate of drug-likeness (QED) is 0.838. The molecule has 1 unspecified atom stereocenters. The van der Waals surface area contributed by atoms with Gasteiger partial charge in [0.15, 0.2) is 0 Å². The van der Waals surface area contributed by atoms with Crippen molar-refractivity contribution < 1.29 is 14.7 Å². The predicted octanol–water partition coefficient (Wildman–Crippen LogP) is 2.16. The molecule has 1 aliphatic carbocycles. The summed E-state index contributed by atoms with van der Waals surface area (Å²) in [6, 6.07) is 7.63. The lowest BCUT2D eigenvalue weighted by Gasteiger charge is -2.39. The van der Waals surface area contributed by atoms with Crippen LogP contribution in [0.3, 0.4) is 0 Å². The Morgan fingerprint density at radius 3 is 2.74 bits per heavy atom. The second kappa shape index (κ2) is 3.95. The minimum atomic E-state index is -0.852. The second-order valence-corrected chi connectivity index (χ2v) is 5.18. The van der Waals surface area contributed by atoms with Gasteiger partial charge < -0.3 is 10.0 Å². The Balaban J connectivity index is 2.07. The van der Waals surface area contributed by atoms with E-state index in [1.54, 1.807) is 11.0 Å². The SMILES string of the molecule is CN1C(=O)c2ccccc2C12CC=C(C(=O)O)CC2. The number of hydrogen-bond donors (Lipinski definition) is 1. The Labute approximate surface area is 111 Å². The Bertz CT molecular complexity index is 605. The van der Waals surface area contributed by atoms with Gasteiger partial charge in [-0.3, -0.25) is 4.79 Å². The van der Waals surface area contributed by atoms with Gasteiger partial charge >= 0.3 is 5.97 Å². The zero-order valence-corrected chi connectivity index (χ0v) is 10.7. The molecule has 0 radical (unpaired) electrons.